The van der Waals surface area contributed by atoms with Gasteiger partial charge >= 0.3 is 5.97 Å². The Morgan fingerprint density at radius 2 is 2.33 bits per heavy atom. The van der Waals surface area contributed by atoms with Crippen LogP contribution in [0.5, 0.6) is 0 Å². The molecule has 1 saturated heterocycles. The lowest BCUT2D eigenvalue weighted by atomic mass is 10.1. The summed E-state index contributed by atoms with van der Waals surface area (Å²) >= 11 is 0. The predicted octanol–water partition coefficient (Wildman–Crippen LogP) is 1.62. The van der Waals surface area contributed by atoms with E-state index in [1.807, 2.05) is 24.3 Å². The molecule has 0 unspecified atom stereocenters. The first kappa shape index (κ1) is 11.2. The fraction of sp³-hybridized carbons (Fsp3) is 0.385. The van der Waals surface area contributed by atoms with Crippen molar-refractivity contribution in [1.82, 2.24) is 9.55 Å². The van der Waals surface area contributed by atoms with Gasteiger partial charge in [-0.2, -0.15) is 0 Å². The van der Waals surface area contributed by atoms with Gasteiger partial charge in [-0.1, -0.05) is 12.1 Å². The van der Waals surface area contributed by atoms with Gasteiger partial charge in [0.25, 0.3) is 0 Å². The van der Waals surface area contributed by atoms with Crippen LogP contribution in [0.15, 0.2) is 24.3 Å². The number of para-hydroxylation sites is 2. The summed E-state index contributed by atoms with van der Waals surface area (Å²) in [6.45, 7) is 1.30. The molecule has 5 heteroatoms. The Kier molecular flexibility index (Phi) is 2.76. The van der Waals surface area contributed by atoms with Crippen LogP contribution in [-0.2, 0) is 16.1 Å². The smallest absolute Gasteiger partial charge is 0.323 e. The lowest BCUT2D eigenvalue weighted by molar-refractivity contribution is -0.137. The second-order valence-electron chi connectivity index (χ2n) is 4.50. The quantitative estimate of drug-likeness (QED) is 0.893. The standard InChI is InChI=1S/C13H14N2O3/c16-12(17)7-15-11-4-2-1-3-10(11)14-13(15)9-5-6-18-8-9/h1-4,9H,5-8H2,(H,16,17)/t9-/m0/s1. The van der Waals surface area contributed by atoms with E-state index >= 15 is 0 Å². The molecule has 1 aromatic carbocycles. The number of rotatable bonds is 3. The first-order chi connectivity index (χ1) is 8.75. The summed E-state index contributed by atoms with van der Waals surface area (Å²) in [6, 6.07) is 7.63. The minimum absolute atomic E-state index is 0.0493. The zero-order valence-corrected chi connectivity index (χ0v) is 9.87. The molecule has 0 bridgehead atoms. The predicted molar refractivity (Wildman–Crippen MR) is 65.5 cm³/mol. The third-order valence-corrected chi connectivity index (χ3v) is 3.27. The number of carbonyl (C=O) groups is 1. The van der Waals surface area contributed by atoms with E-state index in [1.54, 1.807) is 4.57 Å². The van der Waals surface area contributed by atoms with Crippen molar-refractivity contribution in [3.05, 3.63) is 30.1 Å². The van der Waals surface area contributed by atoms with Gasteiger partial charge in [0.15, 0.2) is 0 Å². The van der Waals surface area contributed by atoms with Crippen LogP contribution in [-0.4, -0.2) is 33.8 Å². The van der Waals surface area contributed by atoms with Gasteiger partial charge in [0.2, 0.25) is 0 Å². The number of ether oxygens (including phenoxy) is 1. The third kappa shape index (κ3) is 1.86. The highest BCUT2D eigenvalue weighted by Gasteiger charge is 2.24. The fourth-order valence-electron chi connectivity index (χ4n) is 2.45. The summed E-state index contributed by atoms with van der Waals surface area (Å²) in [5.41, 5.74) is 1.72. The Morgan fingerprint density at radius 1 is 1.50 bits per heavy atom. The number of carboxylic acids is 1. The molecule has 0 radical (unpaired) electrons. The first-order valence-corrected chi connectivity index (χ1v) is 6.00. The number of carboxylic acid groups (broad SMARTS) is 1. The summed E-state index contributed by atoms with van der Waals surface area (Å²) in [4.78, 5) is 15.6. The average Bonchev–Trinajstić information content (AvgIpc) is 2.96. The summed E-state index contributed by atoms with van der Waals surface area (Å²) < 4.78 is 7.16. The highest BCUT2D eigenvalue weighted by Crippen LogP contribution is 2.27. The van der Waals surface area contributed by atoms with Crippen molar-refractivity contribution in [2.45, 2.75) is 18.9 Å². The normalized spacial score (nSPS) is 19.4. The zero-order valence-electron chi connectivity index (χ0n) is 9.87. The molecule has 0 saturated carbocycles. The van der Waals surface area contributed by atoms with E-state index in [2.05, 4.69) is 4.98 Å². The largest absolute Gasteiger partial charge is 0.480 e. The second-order valence-corrected chi connectivity index (χ2v) is 4.50. The number of aliphatic carboxylic acids is 1. The minimum atomic E-state index is -0.849. The Bertz CT molecular complexity index is 585. The van der Waals surface area contributed by atoms with E-state index in [-0.39, 0.29) is 12.5 Å². The van der Waals surface area contributed by atoms with E-state index in [0.29, 0.717) is 6.61 Å². The molecule has 0 amide bonds. The number of fused-ring (bicyclic) bond motifs is 1. The van der Waals surface area contributed by atoms with Crippen molar-refractivity contribution in [3.8, 4) is 0 Å². The first-order valence-electron chi connectivity index (χ1n) is 6.00. The monoisotopic (exact) mass is 246 g/mol. The van der Waals surface area contributed by atoms with E-state index in [4.69, 9.17) is 9.84 Å². The molecule has 0 aliphatic carbocycles. The maximum absolute atomic E-state index is 11.0. The molecule has 2 aromatic rings. The number of hydrogen-bond donors (Lipinski definition) is 1. The average molecular weight is 246 g/mol. The SMILES string of the molecule is O=C(O)Cn1c([C@H]2CCOC2)nc2ccccc21. The van der Waals surface area contributed by atoms with Gasteiger partial charge in [0.1, 0.15) is 12.4 Å². The van der Waals surface area contributed by atoms with Gasteiger partial charge in [0, 0.05) is 12.5 Å². The maximum Gasteiger partial charge on any atom is 0.323 e. The lowest BCUT2D eigenvalue weighted by Gasteiger charge is -2.10. The van der Waals surface area contributed by atoms with Crippen LogP contribution in [0.2, 0.25) is 0 Å². The molecular weight excluding hydrogens is 232 g/mol. The van der Waals surface area contributed by atoms with Crippen molar-refractivity contribution in [3.63, 3.8) is 0 Å². The Balaban J connectivity index is 2.12. The fourth-order valence-corrected chi connectivity index (χ4v) is 2.45. The van der Waals surface area contributed by atoms with Gasteiger partial charge in [-0.15, -0.1) is 0 Å². The Hall–Kier alpha value is -1.88. The molecule has 1 aromatic heterocycles. The van der Waals surface area contributed by atoms with Crippen LogP contribution < -0.4 is 0 Å². The summed E-state index contributed by atoms with van der Waals surface area (Å²) in [5, 5.41) is 9.03. The van der Waals surface area contributed by atoms with E-state index < -0.39 is 5.97 Å². The number of nitrogens with zero attached hydrogens (tertiary/aromatic N) is 2. The maximum atomic E-state index is 11.0. The van der Waals surface area contributed by atoms with Crippen molar-refractivity contribution in [2.75, 3.05) is 13.2 Å². The highest BCUT2D eigenvalue weighted by molar-refractivity contribution is 5.78. The van der Waals surface area contributed by atoms with Crippen molar-refractivity contribution >= 4 is 17.0 Å². The molecular formula is C13H14N2O3. The van der Waals surface area contributed by atoms with Gasteiger partial charge in [-0.05, 0) is 18.6 Å². The molecule has 2 heterocycles. The van der Waals surface area contributed by atoms with Crippen LogP contribution in [0.25, 0.3) is 11.0 Å². The van der Waals surface area contributed by atoms with Crippen LogP contribution in [0.4, 0.5) is 0 Å². The summed E-state index contributed by atoms with van der Waals surface area (Å²) in [6.07, 6.45) is 0.906. The zero-order chi connectivity index (χ0) is 12.5. The second kappa shape index (κ2) is 4.42. The van der Waals surface area contributed by atoms with Crippen LogP contribution in [0, 0.1) is 0 Å². The van der Waals surface area contributed by atoms with Crippen molar-refractivity contribution < 1.29 is 14.6 Å². The summed E-state index contributed by atoms with van der Waals surface area (Å²) in [7, 11) is 0. The van der Waals surface area contributed by atoms with E-state index in [1.165, 1.54) is 0 Å². The molecule has 1 aliphatic heterocycles. The topological polar surface area (TPSA) is 64.3 Å². The van der Waals surface area contributed by atoms with E-state index in [9.17, 15) is 4.79 Å². The number of aromatic nitrogens is 2. The van der Waals surface area contributed by atoms with Crippen LogP contribution in [0.3, 0.4) is 0 Å². The summed E-state index contributed by atoms with van der Waals surface area (Å²) in [5.74, 6) is 0.186. The molecule has 1 atom stereocenters. The molecule has 0 spiro atoms. The molecule has 3 rings (SSSR count). The Labute approximate surface area is 104 Å². The van der Waals surface area contributed by atoms with Crippen molar-refractivity contribution in [2.24, 2.45) is 0 Å². The number of imidazole rings is 1. The molecule has 5 nitrogen and oxygen atoms in total. The van der Waals surface area contributed by atoms with Gasteiger partial charge in [-0.3, -0.25) is 4.79 Å². The molecule has 18 heavy (non-hydrogen) atoms. The lowest BCUT2D eigenvalue weighted by Crippen LogP contribution is -2.14. The molecule has 1 fully saturated rings. The van der Waals surface area contributed by atoms with Crippen LogP contribution in [0.1, 0.15) is 18.2 Å². The van der Waals surface area contributed by atoms with E-state index in [0.717, 1.165) is 29.9 Å². The highest BCUT2D eigenvalue weighted by atomic mass is 16.5. The Morgan fingerprint density at radius 3 is 3.06 bits per heavy atom. The third-order valence-electron chi connectivity index (χ3n) is 3.27. The minimum Gasteiger partial charge on any atom is -0.480 e. The van der Waals surface area contributed by atoms with Gasteiger partial charge in [-0.25, -0.2) is 4.98 Å². The number of hydrogen-bond acceptors (Lipinski definition) is 3. The van der Waals surface area contributed by atoms with Gasteiger partial charge < -0.3 is 14.4 Å². The van der Waals surface area contributed by atoms with Crippen molar-refractivity contribution in [1.29, 1.82) is 0 Å². The molecule has 1 aliphatic rings. The molecule has 94 valence electrons. The van der Waals surface area contributed by atoms with Gasteiger partial charge in [0.05, 0.1) is 17.6 Å². The number of benzene rings is 1. The molecule has 1 N–H and O–H groups in total. The van der Waals surface area contributed by atoms with Crippen LogP contribution >= 0.6 is 0 Å².